The summed E-state index contributed by atoms with van der Waals surface area (Å²) in [6, 6.07) is 11.1. The topological polar surface area (TPSA) is 3.24 Å². The predicted molar refractivity (Wildman–Crippen MR) is 87.9 cm³/mol. The number of fused-ring (bicyclic) bond motifs is 2. The highest BCUT2D eigenvalue weighted by molar-refractivity contribution is 5.23. The first-order valence-corrected chi connectivity index (χ1v) is 8.55. The van der Waals surface area contributed by atoms with Gasteiger partial charge in [-0.05, 0) is 48.7 Å². The van der Waals surface area contributed by atoms with Crippen LogP contribution in [0, 0.1) is 17.8 Å². The van der Waals surface area contributed by atoms with Gasteiger partial charge in [0.05, 0.1) is 0 Å². The summed E-state index contributed by atoms with van der Waals surface area (Å²) in [4.78, 5) is 2.69. The molecule has 0 amide bonds. The van der Waals surface area contributed by atoms with Gasteiger partial charge in [-0.3, -0.25) is 0 Å². The fourth-order valence-corrected chi connectivity index (χ4v) is 4.67. The molecule has 1 aromatic carbocycles. The molecule has 2 aliphatic carbocycles. The van der Waals surface area contributed by atoms with Gasteiger partial charge in [0.1, 0.15) is 0 Å². The van der Waals surface area contributed by atoms with Gasteiger partial charge in [-0.2, -0.15) is 0 Å². The highest BCUT2D eigenvalue weighted by Crippen LogP contribution is 2.42. The molecule has 3 atom stereocenters. The van der Waals surface area contributed by atoms with Crippen LogP contribution in [0.5, 0.6) is 0 Å². The Morgan fingerprint density at radius 3 is 2.43 bits per heavy atom. The zero-order valence-corrected chi connectivity index (χ0v) is 12.7. The van der Waals surface area contributed by atoms with Gasteiger partial charge in [-0.1, -0.05) is 48.9 Å². The second-order valence-corrected chi connectivity index (χ2v) is 7.00. The molecule has 1 heterocycles. The first kappa shape index (κ1) is 13.2. The van der Waals surface area contributed by atoms with Crippen molar-refractivity contribution in [2.45, 2.75) is 32.1 Å². The van der Waals surface area contributed by atoms with E-state index in [9.17, 15) is 0 Å². The van der Waals surface area contributed by atoms with E-state index in [1.54, 1.807) is 5.70 Å². The molecule has 1 saturated heterocycles. The lowest BCUT2D eigenvalue weighted by atomic mass is 9.66. The van der Waals surface area contributed by atoms with Crippen molar-refractivity contribution in [2.24, 2.45) is 17.8 Å². The standard InChI is InChI=1S/C20H25N/c1-2-7-16(8-3-1)13-20-17-9-6-10-18(20)15-21(14-17)19-11-4-5-12-19/h1-5,7-8,11,17-18,20H,6,9-10,12-15H2/t17-,18?,20?/m0/s1. The van der Waals surface area contributed by atoms with Crippen LogP contribution in [0.2, 0.25) is 0 Å². The lowest BCUT2D eigenvalue weighted by Gasteiger charge is -2.49. The molecule has 1 heteroatoms. The number of nitrogens with zero attached hydrogens (tertiary/aromatic N) is 1. The number of allylic oxidation sites excluding steroid dienone is 3. The van der Waals surface area contributed by atoms with Crippen molar-refractivity contribution in [1.82, 2.24) is 4.90 Å². The van der Waals surface area contributed by atoms with Crippen LogP contribution in [0.15, 0.2) is 54.3 Å². The van der Waals surface area contributed by atoms with E-state index in [-0.39, 0.29) is 0 Å². The summed E-state index contributed by atoms with van der Waals surface area (Å²) in [6.07, 6.45) is 13.6. The first-order valence-electron chi connectivity index (χ1n) is 8.55. The van der Waals surface area contributed by atoms with E-state index >= 15 is 0 Å². The van der Waals surface area contributed by atoms with E-state index in [1.165, 1.54) is 44.3 Å². The van der Waals surface area contributed by atoms with Crippen LogP contribution in [0.4, 0.5) is 0 Å². The Labute approximate surface area is 128 Å². The molecule has 1 aromatic rings. The minimum atomic E-state index is 0.902. The number of hydrogen-bond donors (Lipinski definition) is 0. The molecule has 2 unspecified atom stereocenters. The third-order valence-corrected chi connectivity index (χ3v) is 5.74. The summed E-state index contributed by atoms with van der Waals surface area (Å²) in [7, 11) is 0. The van der Waals surface area contributed by atoms with Crippen molar-refractivity contribution in [1.29, 1.82) is 0 Å². The van der Waals surface area contributed by atoms with Gasteiger partial charge in [0.15, 0.2) is 0 Å². The summed E-state index contributed by atoms with van der Waals surface area (Å²) in [5, 5.41) is 0. The highest BCUT2D eigenvalue weighted by Gasteiger charge is 2.39. The van der Waals surface area contributed by atoms with E-state index in [4.69, 9.17) is 0 Å². The Balaban J connectivity index is 1.49. The minimum absolute atomic E-state index is 0.902. The van der Waals surface area contributed by atoms with E-state index in [0.717, 1.165) is 24.2 Å². The van der Waals surface area contributed by atoms with Crippen molar-refractivity contribution in [3.8, 4) is 0 Å². The third-order valence-electron chi connectivity index (χ3n) is 5.74. The lowest BCUT2D eigenvalue weighted by Crippen LogP contribution is -2.48. The first-order chi connectivity index (χ1) is 10.4. The average molecular weight is 279 g/mol. The van der Waals surface area contributed by atoms with Gasteiger partial charge in [0.25, 0.3) is 0 Å². The maximum atomic E-state index is 2.69. The minimum Gasteiger partial charge on any atom is -0.374 e. The molecule has 0 radical (unpaired) electrons. The lowest BCUT2D eigenvalue weighted by molar-refractivity contribution is 0.0403. The molecule has 110 valence electrons. The molecular formula is C20H25N. The van der Waals surface area contributed by atoms with Crippen LogP contribution in [0.25, 0.3) is 0 Å². The largest absolute Gasteiger partial charge is 0.374 e. The monoisotopic (exact) mass is 279 g/mol. The molecular weight excluding hydrogens is 254 g/mol. The second-order valence-electron chi connectivity index (χ2n) is 7.00. The van der Waals surface area contributed by atoms with Crippen LogP contribution < -0.4 is 0 Å². The Hall–Kier alpha value is -1.50. The Morgan fingerprint density at radius 1 is 1.00 bits per heavy atom. The van der Waals surface area contributed by atoms with E-state index in [0.29, 0.717) is 0 Å². The summed E-state index contributed by atoms with van der Waals surface area (Å²) < 4.78 is 0. The molecule has 3 aliphatic rings. The number of rotatable bonds is 3. The summed E-state index contributed by atoms with van der Waals surface area (Å²) >= 11 is 0. The SMILES string of the molecule is C1=CCC(N2CC3CCC[C@@H](C2)C3Cc2ccccc2)=C1. The Bertz CT molecular complexity index is 528. The van der Waals surface area contributed by atoms with Crippen molar-refractivity contribution in [2.75, 3.05) is 13.1 Å². The predicted octanol–water partition coefficient (Wildman–Crippen LogP) is 4.42. The molecule has 1 nitrogen and oxygen atoms in total. The molecule has 0 spiro atoms. The van der Waals surface area contributed by atoms with E-state index < -0.39 is 0 Å². The molecule has 1 aliphatic heterocycles. The summed E-state index contributed by atoms with van der Waals surface area (Å²) in [5.74, 6) is 2.71. The van der Waals surface area contributed by atoms with Gasteiger partial charge >= 0.3 is 0 Å². The molecule has 2 bridgehead atoms. The fourth-order valence-electron chi connectivity index (χ4n) is 4.67. The Kier molecular flexibility index (Phi) is 3.58. The second kappa shape index (κ2) is 5.71. The quantitative estimate of drug-likeness (QED) is 0.791. The van der Waals surface area contributed by atoms with Crippen LogP contribution >= 0.6 is 0 Å². The van der Waals surface area contributed by atoms with Gasteiger partial charge in [-0.15, -0.1) is 0 Å². The van der Waals surface area contributed by atoms with Crippen molar-refractivity contribution in [3.63, 3.8) is 0 Å². The van der Waals surface area contributed by atoms with Crippen molar-refractivity contribution < 1.29 is 0 Å². The van der Waals surface area contributed by atoms with Gasteiger partial charge < -0.3 is 4.90 Å². The normalized spacial score (nSPS) is 31.3. The fraction of sp³-hybridized carbons (Fsp3) is 0.500. The summed E-state index contributed by atoms with van der Waals surface area (Å²) in [5.41, 5.74) is 3.10. The highest BCUT2D eigenvalue weighted by atomic mass is 15.2. The van der Waals surface area contributed by atoms with Crippen molar-refractivity contribution in [3.05, 3.63) is 59.8 Å². The van der Waals surface area contributed by atoms with Gasteiger partial charge in [0.2, 0.25) is 0 Å². The van der Waals surface area contributed by atoms with Crippen LogP contribution in [0.1, 0.15) is 31.2 Å². The molecule has 0 aromatic heterocycles. The number of likely N-dealkylation sites (tertiary alicyclic amines) is 1. The maximum absolute atomic E-state index is 2.69. The average Bonchev–Trinajstić information content (AvgIpc) is 3.02. The van der Waals surface area contributed by atoms with Gasteiger partial charge in [-0.25, -0.2) is 0 Å². The van der Waals surface area contributed by atoms with Gasteiger partial charge in [0, 0.05) is 25.2 Å². The van der Waals surface area contributed by atoms with E-state index in [1.807, 2.05) is 0 Å². The van der Waals surface area contributed by atoms with Crippen LogP contribution in [-0.4, -0.2) is 18.0 Å². The van der Waals surface area contributed by atoms with Crippen LogP contribution in [0.3, 0.4) is 0 Å². The molecule has 1 saturated carbocycles. The Morgan fingerprint density at radius 2 is 1.76 bits per heavy atom. The van der Waals surface area contributed by atoms with Crippen LogP contribution in [-0.2, 0) is 6.42 Å². The number of piperidine rings is 1. The molecule has 21 heavy (non-hydrogen) atoms. The smallest absolute Gasteiger partial charge is 0.0206 e. The summed E-state index contributed by atoms with van der Waals surface area (Å²) in [6.45, 7) is 2.59. The molecule has 0 N–H and O–H groups in total. The zero-order chi connectivity index (χ0) is 14.1. The zero-order valence-electron chi connectivity index (χ0n) is 12.7. The van der Waals surface area contributed by atoms with Crippen molar-refractivity contribution >= 4 is 0 Å². The van der Waals surface area contributed by atoms with E-state index in [2.05, 4.69) is 53.5 Å². The molecule has 4 rings (SSSR count). The number of hydrogen-bond acceptors (Lipinski definition) is 1. The maximum Gasteiger partial charge on any atom is 0.0206 e. The number of benzene rings is 1. The molecule has 2 fully saturated rings. The third kappa shape index (κ3) is 2.66.